The lowest BCUT2D eigenvalue weighted by Gasteiger charge is -2.16. The molecule has 4 rings (SSSR count). The summed E-state index contributed by atoms with van der Waals surface area (Å²) in [6.07, 6.45) is 4.01. The van der Waals surface area contributed by atoms with E-state index in [1.807, 2.05) is 36.5 Å². The number of thioether (sulfide) groups is 1. The quantitative estimate of drug-likeness (QED) is 0.453. The summed E-state index contributed by atoms with van der Waals surface area (Å²) in [5, 5.41) is 3.50. The first-order valence-corrected chi connectivity index (χ1v) is 11.3. The number of alkyl halides is 2. The number of carbonyl (C=O) groups is 1. The van der Waals surface area contributed by atoms with E-state index in [-0.39, 0.29) is 23.5 Å². The van der Waals surface area contributed by atoms with Gasteiger partial charge in [-0.3, -0.25) is 4.79 Å². The van der Waals surface area contributed by atoms with E-state index >= 15 is 0 Å². The minimum atomic E-state index is -2.88. The van der Waals surface area contributed by atoms with Gasteiger partial charge in [0.05, 0.1) is 30.3 Å². The molecular weight excluding hydrogens is 436 g/mol. The molecule has 0 radical (unpaired) electrons. The third-order valence-corrected chi connectivity index (χ3v) is 5.98. The maximum Gasteiger partial charge on any atom is 0.387 e. The van der Waals surface area contributed by atoms with Gasteiger partial charge in [-0.05, 0) is 42.7 Å². The Kier molecular flexibility index (Phi) is 7.39. The van der Waals surface area contributed by atoms with Crippen molar-refractivity contribution in [2.45, 2.75) is 37.3 Å². The van der Waals surface area contributed by atoms with Crippen molar-refractivity contribution in [1.82, 2.24) is 9.55 Å². The maximum atomic E-state index is 12.4. The Hall–Kier alpha value is -2.91. The molecular formula is C23H23F2N3O3S. The van der Waals surface area contributed by atoms with Crippen LogP contribution in [0.2, 0.25) is 0 Å². The highest BCUT2D eigenvalue weighted by Crippen LogP contribution is 2.28. The van der Waals surface area contributed by atoms with Gasteiger partial charge in [-0.25, -0.2) is 4.98 Å². The van der Waals surface area contributed by atoms with Crippen molar-refractivity contribution in [3.8, 4) is 17.0 Å². The van der Waals surface area contributed by atoms with Crippen LogP contribution >= 0.6 is 11.8 Å². The fourth-order valence-electron chi connectivity index (χ4n) is 3.53. The molecule has 1 aliphatic heterocycles. The number of ether oxygens (including phenoxy) is 2. The molecule has 9 heteroatoms. The van der Waals surface area contributed by atoms with E-state index in [0.29, 0.717) is 12.2 Å². The topological polar surface area (TPSA) is 65.4 Å². The van der Waals surface area contributed by atoms with Crippen LogP contribution in [0.1, 0.15) is 12.8 Å². The predicted molar refractivity (Wildman–Crippen MR) is 119 cm³/mol. The monoisotopic (exact) mass is 459 g/mol. The Labute approximate surface area is 188 Å². The first kappa shape index (κ1) is 22.3. The van der Waals surface area contributed by atoms with Gasteiger partial charge < -0.3 is 19.4 Å². The van der Waals surface area contributed by atoms with Crippen LogP contribution in [-0.2, 0) is 16.1 Å². The summed E-state index contributed by atoms with van der Waals surface area (Å²) in [6.45, 7) is -1.43. The van der Waals surface area contributed by atoms with Crippen molar-refractivity contribution in [2.75, 3.05) is 17.7 Å². The van der Waals surface area contributed by atoms with Gasteiger partial charge in [-0.15, -0.1) is 0 Å². The standard InChI is InChI=1S/C23H23F2N3O3S/c24-22(25)31-18-10-8-17(9-11-18)27-21(29)15-32-23-26-13-20(16-5-2-1-3-6-16)28(23)14-19-7-4-12-30-19/h1-3,5-6,8-11,13,19,22H,4,7,12,14-15H2,(H,27,29). The predicted octanol–water partition coefficient (Wildman–Crippen LogP) is 5.06. The smallest absolute Gasteiger partial charge is 0.387 e. The lowest BCUT2D eigenvalue weighted by atomic mass is 10.1. The Bertz CT molecular complexity index is 1020. The SMILES string of the molecule is O=C(CSc1ncc(-c2ccccc2)n1CC1CCCO1)Nc1ccc(OC(F)F)cc1. The number of amides is 1. The number of hydrogen-bond donors (Lipinski definition) is 1. The maximum absolute atomic E-state index is 12.4. The second-order valence-electron chi connectivity index (χ2n) is 7.28. The third-order valence-electron chi connectivity index (χ3n) is 4.99. The largest absolute Gasteiger partial charge is 0.435 e. The van der Waals surface area contributed by atoms with Crippen molar-refractivity contribution in [1.29, 1.82) is 0 Å². The van der Waals surface area contributed by atoms with Crippen LogP contribution in [0.25, 0.3) is 11.3 Å². The Morgan fingerprint density at radius 1 is 1.22 bits per heavy atom. The van der Waals surface area contributed by atoms with Crippen molar-refractivity contribution in [3.63, 3.8) is 0 Å². The van der Waals surface area contributed by atoms with Crippen LogP contribution in [0.3, 0.4) is 0 Å². The summed E-state index contributed by atoms with van der Waals surface area (Å²) in [6, 6.07) is 15.8. The van der Waals surface area contributed by atoms with Gasteiger partial charge in [-0.2, -0.15) is 8.78 Å². The molecule has 3 aromatic rings. The molecule has 0 saturated carbocycles. The van der Waals surface area contributed by atoms with Gasteiger partial charge in [0, 0.05) is 12.3 Å². The molecule has 1 N–H and O–H groups in total. The molecule has 168 valence electrons. The van der Waals surface area contributed by atoms with Gasteiger partial charge in [-0.1, -0.05) is 42.1 Å². The van der Waals surface area contributed by atoms with Gasteiger partial charge in [0.15, 0.2) is 5.16 Å². The zero-order valence-electron chi connectivity index (χ0n) is 17.2. The lowest BCUT2D eigenvalue weighted by molar-refractivity contribution is -0.113. The number of carbonyl (C=O) groups excluding carboxylic acids is 1. The Morgan fingerprint density at radius 2 is 2.00 bits per heavy atom. The van der Waals surface area contributed by atoms with Crippen molar-refractivity contribution < 1.29 is 23.0 Å². The first-order chi connectivity index (χ1) is 15.6. The Balaban J connectivity index is 1.42. The molecule has 2 heterocycles. The molecule has 0 spiro atoms. The minimum Gasteiger partial charge on any atom is -0.435 e. The van der Waals surface area contributed by atoms with Crippen LogP contribution < -0.4 is 10.1 Å². The number of halogens is 2. The highest BCUT2D eigenvalue weighted by atomic mass is 32.2. The molecule has 32 heavy (non-hydrogen) atoms. The average molecular weight is 460 g/mol. The number of nitrogens with one attached hydrogen (secondary N) is 1. The van der Waals surface area contributed by atoms with Crippen molar-refractivity contribution in [2.24, 2.45) is 0 Å². The summed E-state index contributed by atoms with van der Waals surface area (Å²) in [5.41, 5.74) is 2.55. The molecule has 6 nitrogen and oxygen atoms in total. The van der Waals surface area contributed by atoms with Gasteiger partial charge >= 0.3 is 6.61 Å². The molecule has 2 aromatic carbocycles. The molecule has 0 bridgehead atoms. The molecule has 1 aliphatic rings. The van der Waals surface area contributed by atoms with E-state index < -0.39 is 6.61 Å². The lowest BCUT2D eigenvalue weighted by Crippen LogP contribution is -2.18. The fraction of sp³-hybridized carbons (Fsp3) is 0.304. The average Bonchev–Trinajstić information content (AvgIpc) is 3.44. The normalized spacial score (nSPS) is 15.8. The van der Waals surface area contributed by atoms with Crippen LogP contribution in [0, 0.1) is 0 Å². The molecule has 1 saturated heterocycles. The molecule has 1 fully saturated rings. The number of aromatic nitrogens is 2. The van der Waals surface area contributed by atoms with Gasteiger partial charge in [0.25, 0.3) is 0 Å². The van der Waals surface area contributed by atoms with Crippen LogP contribution in [0.5, 0.6) is 5.75 Å². The van der Waals surface area contributed by atoms with E-state index in [4.69, 9.17) is 4.74 Å². The highest BCUT2D eigenvalue weighted by molar-refractivity contribution is 7.99. The van der Waals surface area contributed by atoms with Crippen molar-refractivity contribution >= 4 is 23.4 Å². The second kappa shape index (κ2) is 10.6. The summed E-state index contributed by atoms with van der Waals surface area (Å²) in [7, 11) is 0. The zero-order chi connectivity index (χ0) is 22.3. The van der Waals surface area contributed by atoms with E-state index in [0.717, 1.165) is 35.9 Å². The number of imidazole rings is 1. The number of rotatable bonds is 9. The molecule has 1 atom stereocenters. The van der Waals surface area contributed by atoms with Crippen LogP contribution in [0.15, 0.2) is 66.0 Å². The zero-order valence-corrected chi connectivity index (χ0v) is 18.1. The fourth-order valence-corrected chi connectivity index (χ4v) is 4.32. The summed E-state index contributed by atoms with van der Waals surface area (Å²) < 4.78 is 36.7. The summed E-state index contributed by atoms with van der Waals surface area (Å²) in [5.74, 6) is -0.0195. The first-order valence-electron chi connectivity index (χ1n) is 10.3. The molecule has 0 aliphatic carbocycles. The van der Waals surface area contributed by atoms with Gasteiger partial charge in [0.2, 0.25) is 5.91 Å². The Morgan fingerprint density at radius 3 is 2.69 bits per heavy atom. The minimum absolute atomic E-state index is 0.0389. The second-order valence-corrected chi connectivity index (χ2v) is 8.22. The third kappa shape index (κ3) is 5.86. The number of hydrogen-bond acceptors (Lipinski definition) is 5. The van der Waals surface area contributed by atoms with Crippen LogP contribution in [-0.4, -0.2) is 40.5 Å². The summed E-state index contributed by atoms with van der Waals surface area (Å²) >= 11 is 1.35. The molecule has 1 aromatic heterocycles. The number of benzene rings is 2. The number of nitrogens with zero attached hydrogens (tertiary/aromatic N) is 2. The highest BCUT2D eigenvalue weighted by Gasteiger charge is 2.21. The van der Waals surface area contributed by atoms with E-state index in [9.17, 15) is 13.6 Å². The van der Waals surface area contributed by atoms with Crippen LogP contribution in [0.4, 0.5) is 14.5 Å². The van der Waals surface area contributed by atoms with E-state index in [1.54, 1.807) is 0 Å². The van der Waals surface area contributed by atoms with Crippen molar-refractivity contribution in [3.05, 3.63) is 60.8 Å². The van der Waals surface area contributed by atoms with E-state index in [2.05, 4.69) is 19.6 Å². The van der Waals surface area contributed by atoms with Gasteiger partial charge in [0.1, 0.15) is 5.75 Å². The molecule has 1 unspecified atom stereocenters. The molecule has 1 amide bonds. The van der Waals surface area contributed by atoms with E-state index in [1.165, 1.54) is 36.0 Å². The summed E-state index contributed by atoms with van der Waals surface area (Å²) in [4.78, 5) is 17.0. The number of anilines is 1.